The number of para-hydroxylation sites is 1. The van der Waals surface area contributed by atoms with Crippen LogP contribution in [0.5, 0.6) is 5.75 Å². The van der Waals surface area contributed by atoms with Gasteiger partial charge in [0.2, 0.25) is 0 Å². The summed E-state index contributed by atoms with van der Waals surface area (Å²) in [4.78, 5) is 31.8. The van der Waals surface area contributed by atoms with Gasteiger partial charge < -0.3 is 15.0 Å². The van der Waals surface area contributed by atoms with Crippen LogP contribution in [0.2, 0.25) is 0 Å². The fraction of sp³-hybridized carbons (Fsp3) is 0.318. The van der Waals surface area contributed by atoms with Gasteiger partial charge in [-0.15, -0.1) is 0 Å². The molecule has 0 saturated heterocycles. The summed E-state index contributed by atoms with van der Waals surface area (Å²) in [5.74, 6) is 1.31. The molecule has 0 spiro atoms. The number of aromatic nitrogens is 2. The fourth-order valence-corrected chi connectivity index (χ4v) is 3.17. The van der Waals surface area contributed by atoms with Crippen LogP contribution < -0.4 is 15.6 Å². The van der Waals surface area contributed by atoms with E-state index in [2.05, 4.69) is 10.3 Å². The van der Waals surface area contributed by atoms with Gasteiger partial charge in [-0.25, -0.2) is 9.78 Å². The van der Waals surface area contributed by atoms with E-state index in [0.717, 1.165) is 5.75 Å². The van der Waals surface area contributed by atoms with Gasteiger partial charge in [-0.2, -0.15) is 0 Å². The van der Waals surface area contributed by atoms with Crippen LogP contribution in [0.15, 0.2) is 53.3 Å². The third-order valence-electron chi connectivity index (χ3n) is 4.90. The average molecular weight is 394 g/mol. The number of hydrogen-bond acceptors (Lipinski definition) is 4. The topological polar surface area (TPSA) is 76.5 Å². The number of amides is 2. The molecular formula is C22H26N4O3. The summed E-state index contributed by atoms with van der Waals surface area (Å²) in [6.45, 7) is 6.74. The molecule has 3 aromatic rings. The predicted molar refractivity (Wildman–Crippen MR) is 114 cm³/mol. The predicted octanol–water partition coefficient (Wildman–Crippen LogP) is 4.04. The summed E-state index contributed by atoms with van der Waals surface area (Å²) in [7, 11) is 1.69. The van der Waals surface area contributed by atoms with Crippen molar-refractivity contribution in [2.24, 2.45) is 0 Å². The van der Waals surface area contributed by atoms with E-state index in [4.69, 9.17) is 4.74 Å². The number of urea groups is 1. The number of nitrogens with one attached hydrogen (secondary N) is 1. The molecule has 29 heavy (non-hydrogen) atoms. The highest BCUT2D eigenvalue weighted by atomic mass is 16.5. The van der Waals surface area contributed by atoms with Gasteiger partial charge in [-0.05, 0) is 57.2 Å². The Bertz CT molecular complexity index is 1060. The van der Waals surface area contributed by atoms with E-state index < -0.39 is 6.04 Å². The van der Waals surface area contributed by atoms with Crippen LogP contribution >= 0.6 is 0 Å². The number of nitrogens with zero attached hydrogens (tertiary/aromatic N) is 3. The minimum atomic E-state index is -0.394. The van der Waals surface area contributed by atoms with Crippen molar-refractivity contribution in [3.8, 4) is 5.75 Å². The summed E-state index contributed by atoms with van der Waals surface area (Å²) in [6, 6.07) is 13.8. The molecule has 0 fully saturated rings. The molecule has 1 N–H and O–H groups in total. The first-order valence-corrected chi connectivity index (χ1v) is 9.72. The number of carbonyl (C=O) groups excluding carboxylic acids is 1. The van der Waals surface area contributed by atoms with Crippen molar-refractivity contribution in [2.45, 2.75) is 33.4 Å². The molecule has 3 rings (SSSR count). The Morgan fingerprint density at radius 1 is 1.17 bits per heavy atom. The van der Waals surface area contributed by atoms with Crippen LogP contribution in [0.25, 0.3) is 10.9 Å². The van der Waals surface area contributed by atoms with Crippen molar-refractivity contribution in [3.63, 3.8) is 0 Å². The van der Waals surface area contributed by atoms with Crippen LogP contribution in [-0.2, 0) is 6.54 Å². The van der Waals surface area contributed by atoms with Crippen LogP contribution in [-0.4, -0.2) is 34.1 Å². The number of carbonyl (C=O) groups is 1. The largest absolute Gasteiger partial charge is 0.494 e. The summed E-state index contributed by atoms with van der Waals surface area (Å²) in [6.07, 6.45) is 0. The minimum Gasteiger partial charge on any atom is -0.494 e. The number of fused-ring (bicyclic) bond motifs is 1. The molecule has 2 aromatic carbocycles. The molecule has 1 heterocycles. The molecule has 7 nitrogen and oxygen atoms in total. The van der Waals surface area contributed by atoms with Gasteiger partial charge in [0.25, 0.3) is 5.56 Å². The number of rotatable bonds is 6. The lowest BCUT2D eigenvalue weighted by atomic mass is 10.2. The molecule has 1 atom stereocenters. The lowest BCUT2D eigenvalue weighted by molar-refractivity contribution is 0.204. The van der Waals surface area contributed by atoms with Gasteiger partial charge in [-0.3, -0.25) is 9.36 Å². The van der Waals surface area contributed by atoms with E-state index in [1.807, 2.05) is 51.1 Å². The Morgan fingerprint density at radius 3 is 2.52 bits per heavy atom. The lowest BCUT2D eigenvalue weighted by Gasteiger charge is -2.27. The summed E-state index contributed by atoms with van der Waals surface area (Å²) >= 11 is 0. The highest BCUT2D eigenvalue weighted by Gasteiger charge is 2.23. The lowest BCUT2D eigenvalue weighted by Crippen LogP contribution is -2.37. The van der Waals surface area contributed by atoms with E-state index >= 15 is 0 Å². The molecule has 1 unspecified atom stereocenters. The molecule has 152 valence electrons. The molecule has 0 bridgehead atoms. The summed E-state index contributed by atoms with van der Waals surface area (Å²) < 4.78 is 7.04. The molecule has 0 aliphatic rings. The zero-order chi connectivity index (χ0) is 21.0. The standard InChI is InChI=1S/C22H26N4O3/c1-5-26-20(24-19-10-8-7-9-18(19)21(26)27)15(3)25(4)22(28)23-16-11-13-17(14-12-16)29-6-2/h7-15H,5-6H2,1-4H3,(H,23,28). The zero-order valence-corrected chi connectivity index (χ0v) is 17.2. The van der Waals surface area contributed by atoms with E-state index in [0.29, 0.717) is 35.6 Å². The summed E-state index contributed by atoms with van der Waals surface area (Å²) in [5, 5.41) is 3.44. The molecule has 0 radical (unpaired) electrons. The molecule has 7 heteroatoms. The van der Waals surface area contributed by atoms with E-state index in [1.165, 1.54) is 0 Å². The Balaban J connectivity index is 1.84. The maximum absolute atomic E-state index is 12.8. The number of ether oxygens (including phenoxy) is 1. The van der Waals surface area contributed by atoms with E-state index in [1.54, 1.807) is 34.7 Å². The number of hydrogen-bond donors (Lipinski definition) is 1. The fourth-order valence-electron chi connectivity index (χ4n) is 3.17. The van der Waals surface area contributed by atoms with Crippen LogP contribution in [0.1, 0.15) is 32.6 Å². The Morgan fingerprint density at radius 2 is 1.86 bits per heavy atom. The molecule has 2 amide bonds. The monoisotopic (exact) mass is 394 g/mol. The van der Waals surface area contributed by atoms with Crippen molar-refractivity contribution in [2.75, 3.05) is 19.0 Å². The average Bonchev–Trinajstić information content (AvgIpc) is 2.74. The molecule has 0 aliphatic heterocycles. The van der Waals surface area contributed by atoms with Crippen LogP contribution in [0, 0.1) is 0 Å². The second-order valence-corrected chi connectivity index (χ2v) is 6.71. The van der Waals surface area contributed by atoms with Gasteiger partial charge in [-0.1, -0.05) is 12.1 Å². The highest BCUT2D eigenvalue weighted by Crippen LogP contribution is 2.21. The van der Waals surface area contributed by atoms with Crippen LogP contribution in [0.3, 0.4) is 0 Å². The smallest absolute Gasteiger partial charge is 0.322 e. The molecule has 0 saturated carbocycles. The quantitative estimate of drug-likeness (QED) is 0.685. The van der Waals surface area contributed by atoms with Crippen molar-refractivity contribution in [3.05, 3.63) is 64.7 Å². The third-order valence-corrected chi connectivity index (χ3v) is 4.90. The Labute approximate surface area is 169 Å². The Hall–Kier alpha value is -3.35. The first kappa shape index (κ1) is 20.4. The van der Waals surface area contributed by atoms with Crippen molar-refractivity contribution >= 4 is 22.6 Å². The van der Waals surface area contributed by atoms with E-state index in [-0.39, 0.29) is 11.6 Å². The Kier molecular flexibility index (Phi) is 6.16. The van der Waals surface area contributed by atoms with Gasteiger partial charge in [0.05, 0.1) is 23.6 Å². The van der Waals surface area contributed by atoms with Crippen LogP contribution in [0.4, 0.5) is 10.5 Å². The third kappa shape index (κ3) is 4.23. The SMILES string of the molecule is CCOc1ccc(NC(=O)N(C)C(C)c2nc3ccccc3c(=O)n2CC)cc1. The first-order chi connectivity index (χ1) is 14.0. The van der Waals surface area contributed by atoms with Gasteiger partial charge in [0.1, 0.15) is 11.6 Å². The van der Waals surface area contributed by atoms with Gasteiger partial charge >= 0.3 is 6.03 Å². The first-order valence-electron chi connectivity index (χ1n) is 9.72. The minimum absolute atomic E-state index is 0.0970. The number of anilines is 1. The van der Waals surface area contributed by atoms with Gasteiger partial charge in [0.15, 0.2) is 0 Å². The van der Waals surface area contributed by atoms with Gasteiger partial charge in [0, 0.05) is 19.3 Å². The van der Waals surface area contributed by atoms with Crippen molar-refractivity contribution in [1.82, 2.24) is 14.5 Å². The maximum atomic E-state index is 12.8. The number of benzene rings is 2. The van der Waals surface area contributed by atoms with Crippen molar-refractivity contribution in [1.29, 1.82) is 0 Å². The zero-order valence-electron chi connectivity index (χ0n) is 17.2. The molecular weight excluding hydrogens is 368 g/mol. The summed E-state index contributed by atoms with van der Waals surface area (Å²) in [5.41, 5.74) is 1.20. The maximum Gasteiger partial charge on any atom is 0.322 e. The second kappa shape index (κ2) is 8.77. The van der Waals surface area contributed by atoms with Crippen molar-refractivity contribution < 1.29 is 9.53 Å². The highest BCUT2D eigenvalue weighted by molar-refractivity contribution is 5.89. The molecule has 1 aromatic heterocycles. The second-order valence-electron chi connectivity index (χ2n) is 6.71. The normalized spacial score (nSPS) is 11.9. The van der Waals surface area contributed by atoms with E-state index in [9.17, 15) is 9.59 Å². The molecule has 0 aliphatic carbocycles.